The van der Waals surface area contributed by atoms with Crippen LogP contribution in [0.1, 0.15) is 50.0 Å². The molecule has 1 heterocycles. The maximum Gasteiger partial charge on any atom is 0.255 e. The van der Waals surface area contributed by atoms with E-state index < -0.39 is 6.04 Å². The van der Waals surface area contributed by atoms with E-state index in [9.17, 15) is 9.59 Å². The number of carbonyl (C=O) groups excluding carboxylic acids is 2. The molecule has 0 radical (unpaired) electrons. The topological polar surface area (TPSA) is 49.4 Å². The van der Waals surface area contributed by atoms with Gasteiger partial charge in [0.25, 0.3) is 5.91 Å². The van der Waals surface area contributed by atoms with Gasteiger partial charge in [-0.15, -0.1) is 11.8 Å². The summed E-state index contributed by atoms with van der Waals surface area (Å²) in [5.74, 6) is 0.933. The van der Waals surface area contributed by atoms with E-state index in [-0.39, 0.29) is 23.2 Å². The van der Waals surface area contributed by atoms with E-state index in [1.165, 1.54) is 0 Å². The molecule has 2 rings (SSSR count). The van der Waals surface area contributed by atoms with E-state index in [1.807, 2.05) is 38.1 Å². The second-order valence-corrected chi connectivity index (χ2v) is 8.04. The van der Waals surface area contributed by atoms with Crippen LogP contribution in [-0.4, -0.2) is 39.9 Å². The Balaban J connectivity index is 2.20. The van der Waals surface area contributed by atoms with Gasteiger partial charge in [-0.3, -0.25) is 9.59 Å². The Labute approximate surface area is 149 Å². The molecule has 0 aromatic heterocycles. The fraction of sp³-hybridized carbons (Fsp3) is 0.579. The first-order valence-corrected chi connectivity index (χ1v) is 9.71. The number of thioether (sulfide) groups is 1. The lowest BCUT2D eigenvalue weighted by atomic mass is 10.1. The van der Waals surface area contributed by atoms with Crippen LogP contribution >= 0.6 is 11.8 Å². The van der Waals surface area contributed by atoms with Gasteiger partial charge in [0.05, 0.1) is 5.37 Å². The highest BCUT2D eigenvalue weighted by Gasteiger charge is 2.41. The number of nitrogens with zero attached hydrogens (tertiary/aromatic N) is 1. The molecule has 0 saturated carbocycles. The van der Waals surface area contributed by atoms with Gasteiger partial charge in [-0.1, -0.05) is 38.5 Å². The highest BCUT2D eigenvalue weighted by Crippen LogP contribution is 2.33. The van der Waals surface area contributed by atoms with Crippen LogP contribution in [0.3, 0.4) is 0 Å². The Hall–Kier alpha value is -1.49. The summed E-state index contributed by atoms with van der Waals surface area (Å²) in [7, 11) is 0. The van der Waals surface area contributed by atoms with E-state index in [0.29, 0.717) is 17.2 Å². The predicted octanol–water partition coefficient (Wildman–Crippen LogP) is 3.45. The fourth-order valence-electron chi connectivity index (χ4n) is 2.68. The quantitative estimate of drug-likeness (QED) is 0.887. The number of amides is 2. The van der Waals surface area contributed by atoms with Gasteiger partial charge >= 0.3 is 0 Å². The Morgan fingerprint density at radius 2 is 1.88 bits per heavy atom. The van der Waals surface area contributed by atoms with Gasteiger partial charge in [0.15, 0.2) is 0 Å². The molecule has 5 heteroatoms. The number of benzene rings is 1. The maximum absolute atomic E-state index is 13.0. The van der Waals surface area contributed by atoms with E-state index in [4.69, 9.17) is 0 Å². The van der Waals surface area contributed by atoms with Gasteiger partial charge in [-0.2, -0.15) is 0 Å². The summed E-state index contributed by atoms with van der Waals surface area (Å²) >= 11 is 1.69. The van der Waals surface area contributed by atoms with Crippen molar-refractivity contribution >= 4 is 23.6 Å². The number of hydrogen-bond donors (Lipinski definition) is 1. The summed E-state index contributed by atoms with van der Waals surface area (Å²) in [6.07, 6.45) is 0.839. The molecule has 0 bridgehead atoms. The second kappa shape index (κ2) is 8.06. The van der Waals surface area contributed by atoms with Gasteiger partial charge < -0.3 is 10.2 Å². The van der Waals surface area contributed by atoms with Crippen molar-refractivity contribution in [2.75, 3.05) is 5.75 Å². The largest absolute Gasteiger partial charge is 0.352 e. The highest BCUT2D eigenvalue weighted by atomic mass is 32.2. The van der Waals surface area contributed by atoms with Crippen molar-refractivity contribution in [2.24, 2.45) is 5.92 Å². The van der Waals surface area contributed by atoms with Crippen LogP contribution in [0, 0.1) is 12.8 Å². The number of aryl methyl sites for hydroxylation is 1. The Morgan fingerprint density at radius 3 is 2.42 bits per heavy atom. The summed E-state index contributed by atoms with van der Waals surface area (Å²) in [6.45, 7) is 10.2. The Morgan fingerprint density at radius 1 is 1.25 bits per heavy atom. The molecule has 1 N–H and O–H groups in total. The molecule has 1 aromatic carbocycles. The van der Waals surface area contributed by atoms with E-state index in [0.717, 1.165) is 12.0 Å². The second-order valence-electron chi connectivity index (χ2n) is 6.83. The number of nitrogens with one attached hydrogen (secondary N) is 1. The molecule has 1 fully saturated rings. The SMILES string of the molecule is CCC1SCC(C(=O)NC(C)C(C)C)N1C(=O)c1ccc(C)cc1. The lowest BCUT2D eigenvalue weighted by Crippen LogP contribution is -2.52. The minimum atomic E-state index is -0.394. The van der Waals surface area contributed by atoms with Crippen LogP contribution in [0.15, 0.2) is 24.3 Å². The van der Waals surface area contributed by atoms with Crippen LogP contribution in [0.4, 0.5) is 0 Å². The lowest BCUT2D eigenvalue weighted by molar-refractivity contribution is -0.125. The maximum atomic E-state index is 13.0. The smallest absolute Gasteiger partial charge is 0.255 e. The molecule has 132 valence electrons. The molecular formula is C19H28N2O2S. The van der Waals surface area contributed by atoms with Gasteiger partial charge in [-0.05, 0) is 38.3 Å². The fourth-order valence-corrected chi connectivity index (χ4v) is 4.04. The average Bonchev–Trinajstić information content (AvgIpc) is 2.98. The van der Waals surface area contributed by atoms with Crippen molar-refractivity contribution < 1.29 is 9.59 Å². The molecular weight excluding hydrogens is 320 g/mol. The first-order valence-electron chi connectivity index (χ1n) is 8.66. The molecule has 3 atom stereocenters. The van der Waals surface area contributed by atoms with Crippen LogP contribution in [0.5, 0.6) is 0 Å². The van der Waals surface area contributed by atoms with Gasteiger partial charge in [0.1, 0.15) is 6.04 Å². The number of rotatable bonds is 5. The van der Waals surface area contributed by atoms with E-state index in [1.54, 1.807) is 16.7 Å². The van der Waals surface area contributed by atoms with Crippen molar-refractivity contribution in [3.63, 3.8) is 0 Å². The van der Waals surface area contributed by atoms with Crippen LogP contribution in [0.2, 0.25) is 0 Å². The minimum Gasteiger partial charge on any atom is -0.352 e. The average molecular weight is 349 g/mol. The molecule has 1 aliphatic rings. The first kappa shape index (κ1) is 18.8. The molecule has 0 aliphatic carbocycles. The number of carbonyl (C=O) groups is 2. The Bertz CT molecular complexity index is 586. The summed E-state index contributed by atoms with van der Waals surface area (Å²) in [5, 5.41) is 3.12. The summed E-state index contributed by atoms with van der Waals surface area (Å²) in [4.78, 5) is 27.5. The minimum absolute atomic E-state index is 0.0416. The van der Waals surface area contributed by atoms with Gasteiger partial charge in [-0.25, -0.2) is 0 Å². The Kier molecular flexibility index (Phi) is 6.33. The van der Waals surface area contributed by atoms with Crippen molar-refractivity contribution in [3.05, 3.63) is 35.4 Å². The van der Waals surface area contributed by atoms with Crippen LogP contribution in [0.25, 0.3) is 0 Å². The molecule has 1 aromatic rings. The molecule has 24 heavy (non-hydrogen) atoms. The molecule has 0 spiro atoms. The van der Waals surface area contributed by atoms with Crippen molar-refractivity contribution in [1.82, 2.24) is 10.2 Å². The van der Waals surface area contributed by atoms with E-state index >= 15 is 0 Å². The molecule has 4 nitrogen and oxygen atoms in total. The third-order valence-corrected chi connectivity index (χ3v) is 6.10. The molecule has 1 aliphatic heterocycles. The summed E-state index contributed by atoms with van der Waals surface area (Å²) < 4.78 is 0. The normalized spacial score (nSPS) is 21.8. The first-order chi connectivity index (χ1) is 11.3. The lowest BCUT2D eigenvalue weighted by Gasteiger charge is -2.29. The molecule has 3 unspecified atom stereocenters. The summed E-state index contributed by atoms with van der Waals surface area (Å²) in [5.41, 5.74) is 1.77. The summed E-state index contributed by atoms with van der Waals surface area (Å²) in [6, 6.07) is 7.27. The van der Waals surface area contributed by atoms with Crippen LogP contribution < -0.4 is 5.32 Å². The van der Waals surface area contributed by atoms with Crippen LogP contribution in [-0.2, 0) is 4.79 Å². The standard InChI is InChI=1S/C19H28N2O2S/c1-6-17-21(19(23)15-9-7-13(4)8-10-15)16(11-24-17)18(22)20-14(5)12(2)3/h7-10,12,14,16-17H,6,11H2,1-5H3,(H,20,22). The monoisotopic (exact) mass is 348 g/mol. The van der Waals surface area contributed by atoms with E-state index in [2.05, 4.69) is 26.1 Å². The third-order valence-electron chi connectivity index (χ3n) is 4.65. The van der Waals surface area contributed by atoms with Crippen molar-refractivity contribution in [2.45, 2.75) is 58.5 Å². The zero-order valence-electron chi connectivity index (χ0n) is 15.2. The third kappa shape index (κ3) is 4.12. The highest BCUT2D eigenvalue weighted by molar-refractivity contribution is 8.00. The molecule has 1 saturated heterocycles. The van der Waals surface area contributed by atoms with Gasteiger partial charge in [0.2, 0.25) is 5.91 Å². The van der Waals surface area contributed by atoms with Crippen molar-refractivity contribution in [3.8, 4) is 0 Å². The van der Waals surface area contributed by atoms with Crippen molar-refractivity contribution in [1.29, 1.82) is 0 Å². The van der Waals surface area contributed by atoms with Gasteiger partial charge in [0, 0.05) is 17.4 Å². The number of hydrogen-bond acceptors (Lipinski definition) is 3. The zero-order valence-corrected chi connectivity index (χ0v) is 16.0. The zero-order chi connectivity index (χ0) is 17.9. The predicted molar refractivity (Wildman–Crippen MR) is 100 cm³/mol. The molecule has 2 amide bonds.